The van der Waals surface area contributed by atoms with E-state index in [1.807, 2.05) is 26.8 Å². The molecule has 1 saturated heterocycles. The second-order valence-electron chi connectivity index (χ2n) is 5.85. The molecule has 2 atom stereocenters. The maximum atomic E-state index is 12.8. The number of amides is 1. The van der Waals surface area contributed by atoms with Crippen LogP contribution in [0.5, 0.6) is 0 Å². The zero-order valence-electron chi connectivity index (χ0n) is 12.7. The van der Waals surface area contributed by atoms with Crippen LogP contribution in [0.25, 0.3) is 0 Å². The van der Waals surface area contributed by atoms with Crippen LogP contribution in [-0.2, 0) is 14.8 Å². The molecule has 0 radical (unpaired) electrons. The lowest BCUT2D eigenvalue weighted by Crippen LogP contribution is -2.48. The normalized spacial score (nSPS) is 24.0. The van der Waals surface area contributed by atoms with Crippen molar-refractivity contribution in [3.63, 3.8) is 0 Å². The van der Waals surface area contributed by atoms with E-state index in [0.717, 1.165) is 11.1 Å². The molecule has 116 valence electrons. The number of carbonyl (C=O) groups is 1. The van der Waals surface area contributed by atoms with Gasteiger partial charge < -0.3 is 5.73 Å². The molecule has 0 bridgehead atoms. The first-order valence-corrected chi connectivity index (χ1v) is 8.56. The van der Waals surface area contributed by atoms with Gasteiger partial charge in [-0.2, -0.15) is 4.31 Å². The van der Waals surface area contributed by atoms with Crippen molar-refractivity contribution >= 4 is 15.9 Å². The molecule has 6 heteroatoms. The second kappa shape index (κ2) is 5.77. The fourth-order valence-corrected chi connectivity index (χ4v) is 4.44. The zero-order chi connectivity index (χ0) is 15.8. The Morgan fingerprint density at radius 3 is 2.48 bits per heavy atom. The summed E-state index contributed by atoms with van der Waals surface area (Å²) in [4.78, 5) is 11.6. The summed E-state index contributed by atoms with van der Waals surface area (Å²) in [7, 11) is -3.59. The van der Waals surface area contributed by atoms with Gasteiger partial charge in [-0.15, -0.1) is 0 Å². The maximum absolute atomic E-state index is 12.8. The van der Waals surface area contributed by atoms with Gasteiger partial charge in [0.1, 0.15) is 0 Å². The van der Waals surface area contributed by atoms with E-state index in [1.54, 1.807) is 12.1 Å². The molecule has 21 heavy (non-hydrogen) atoms. The van der Waals surface area contributed by atoms with Crippen LogP contribution in [0.1, 0.15) is 30.9 Å². The van der Waals surface area contributed by atoms with E-state index in [9.17, 15) is 13.2 Å². The highest BCUT2D eigenvalue weighted by Gasteiger charge is 2.36. The smallest absolute Gasteiger partial charge is 0.243 e. The van der Waals surface area contributed by atoms with Crippen LogP contribution in [0.2, 0.25) is 0 Å². The Bertz CT molecular complexity index is 655. The van der Waals surface area contributed by atoms with Crippen LogP contribution in [0.15, 0.2) is 23.1 Å². The summed E-state index contributed by atoms with van der Waals surface area (Å²) in [6.07, 6.45) is 1.30. The number of nitrogens with two attached hydrogens (primary N) is 1. The van der Waals surface area contributed by atoms with E-state index < -0.39 is 21.8 Å². The fraction of sp³-hybridized carbons (Fsp3) is 0.533. The van der Waals surface area contributed by atoms with E-state index >= 15 is 0 Å². The molecular weight excluding hydrogens is 288 g/mol. The van der Waals surface area contributed by atoms with Crippen LogP contribution < -0.4 is 5.73 Å². The first-order chi connectivity index (χ1) is 9.73. The number of hydrogen-bond donors (Lipinski definition) is 1. The predicted molar refractivity (Wildman–Crippen MR) is 81.2 cm³/mol. The third-order valence-corrected chi connectivity index (χ3v) is 6.29. The van der Waals surface area contributed by atoms with E-state index in [1.165, 1.54) is 4.31 Å². The third kappa shape index (κ3) is 3.11. The van der Waals surface area contributed by atoms with Gasteiger partial charge in [0.15, 0.2) is 0 Å². The number of sulfonamides is 1. The summed E-state index contributed by atoms with van der Waals surface area (Å²) in [5, 5.41) is 0. The zero-order valence-corrected chi connectivity index (χ0v) is 13.5. The minimum absolute atomic E-state index is 0.118. The molecule has 2 rings (SSSR count). The van der Waals surface area contributed by atoms with Gasteiger partial charge >= 0.3 is 0 Å². The van der Waals surface area contributed by atoms with E-state index in [-0.39, 0.29) is 17.5 Å². The Morgan fingerprint density at radius 2 is 1.90 bits per heavy atom. The standard InChI is InChI=1S/C15H22N2O3S/c1-10-4-7-14(8-11(10)2)21(19,20)17-9-13(15(16)18)6-5-12(17)3/h4,7-8,12-13H,5-6,9H2,1-3H3,(H2,16,18)/t12-,13-/m1/s1. The van der Waals surface area contributed by atoms with Crippen molar-refractivity contribution < 1.29 is 13.2 Å². The lowest BCUT2D eigenvalue weighted by Gasteiger charge is -2.35. The van der Waals surface area contributed by atoms with Gasteiger partial charge in [-0.05, 0) is 56.9 Å². The van der Waals surface area contributed by atoms with Crippen molar-refractivity contribution in [2.75, 3.05) is 6.54 Å². The van der Waals surface area contributed by atoms with Gasteiger partial charge in [0.05, 0.1) is 10.8 Å². The van der Waals surface area contributed by atoms with E-state index in [2.05, 4.69) is 0 Å². The molecule has 1 amide bonds. The summed E-state index contributed by atoms with van der Waals surface area (Å²) in [5.41, 5.74) is 7.33. The van der Waals surface area contributed by atoms with Crippen molar-refractivity contribution in [2.24, 2.45) is 11.7 Å². The molecule has 0 saturated carbocycles. The highest BCUT2D eigenvalue weighted by Crippen LogP contribution is 2.28. The topological polar surface area (TPSA) is 80.5 Å². The van der Waals surface area contributed by atoms with Gasteiger partial charge in [-0.1, -0.05) is 6.07 Å². The lowest BCUT2D eigenvalue weighted by atomic mass is 9.95. The predicted octanol–water partition coefficient (Wildman–Crippen LogP) is 1.58. The van der Waals surface area contributed by atoms with Crippen molar-refractivity contribution in [1.82, 2.24) is 4.31 Å². The maximum Gasteiger partial charge on any atom is 0.243 e. The van der Waals surface area contributed by atoms with Crippen molar-refractivity contribution in [1.29, 1.82) is 0 Å². The van der Waals surface area contributed by atoms with Gasteiger partial charge in [-0.25, -0.2) is 8.42 Å². The van der Waals surface area contributed by atoms with Crippen molar-refractivity contribution in [3.05, 3.63) is 29.3 Å². The number of carbonyl (C=O) groups excluding carboxylic acids is 1. The van der Waals surface area contributed by atoms with E-state index in [4.69, 9.17) is 5.73 Å². The molecule has 0 aliphatic carbocycles. The average Bonchev–Trinajstić information content (AvgIpc) is 2.41. The first-order valence-electron chi connectivity index (χ1n) is 7.12. The average molecular weight is 310 g/mol. The monoisotopic (exact) mass is 310 g/mol. The minimum atomic E-state index is -3.59. The Morgan fingerprint density at radius 1 is 1.24 bits per heavy atom. The molecule has 2 N–H and O–H groups in total. The molecule has 0 spiro atoms. The minimum Gasteiger partial charge on any atom is -0.369 e. The first kappa shape index (κ1) is 16.0. The molecule has 1 fully saturated rings. The Kier molecular flexibility index (Phi) is 4.39. The molecule has 1 heterocycles. The van der Waals surface area contributed by atoms with Crippen LogP contribution in [0.3, 0.4) is 0 Å². The SMILES string of the molecule is Cc1ccc(S(=O)(=O)N2C[C@H](C(N)=O)CC[C@H]2C)cc1C. The summed E-state index contributed by atoms with van der Waals surface area (Å²) in [5.74, 6) is -0.829. The number of piperidine rings is 1. The van der Waals surface area contributed by atoms with Gasteiger partial charge in [0.2, 0.25) is 15.9 Å². The summed E-state index contributed by atoms with van der Waals surface area (Å²) in [6.45, 7) is 5.88. The second-order valence-corrected chi connectivity index (χ2v) is 7.74. The molecule has 1 aromatic rings. The fourth-order valence-electron chi connectivity index (χ4n) is 2.65. The molecule has 0 unspecified atom stereocenters. The summed E-state index contributed by atoms with van der Waals surface area (Å²) < 4.78 is 27.0. The molecule has 5 nitrogen and oxygen atoms in total. The third-order valence-electron chi connectivity index (χ3n) is 4.31. The van der Waals surface area contributed by atoms with Crippen LogP contribution >= 0.6 is 0 Å². The summed E-state index contributed by atoms with van der Waals surface area (Å²) in [6, 6.07) is 5.00. The Hall–Kier alpha value is -1.40. The Labute approximate surface area is 126 Å². The number of rotatable bonds is 3. The number of benzene rings is 1. The molecular formula is C15H22N2O3S. The highest BCUT2D eigenvalue weighted by molar-refractivity contribution is 7.89. The molecule has 0 aromatic heterocycles. The quantitative estimate of drug-likeness (QED) is 0.920. The van der Waals surface area contributed by atoms with Crippen LogP contribution in [-0.4, -0.2) is 31.2 Å². The number of aryl methyl sites for hydroxylation is 2. The highest BCUT2D eigenvalue weighted by atomic mass is 32.2. The van der Waals surface area contributed by atoms with Gasteiger partial charge in [0.25, 0.3) is 0 Å². The number of primary amides is 1. The van der Waals surface area contributed by atoms with Crippen molar-refractivity contribution in [2.45, 2.75) is 44.6 Å². The summed E-state index contributed by atoms with van der Waals surface area (Å²) >= 11 is 0. The van der Waals surface area contributed by atoms with Gasteiger partial charge in [-0.3, -0.25) is 4.79 Å². The Balaban J connectivity index is 2.36. The molecule has 1 aliphatic heterocycles. The van der Waals surface area contributed by atoms with Crippen LogP contribution in [0.4, 0.5) is 0 Å². The molecule has 1 aromatic carbocycles. The van der Waals surface area contributed by atoms with Gasteiger partial charge in [0, 0.05) is 12.6 Å². The van der Waals surface area contributed by atoms with Crippen LogP contribution in [0, 0.1) is 19.8 Å². The van der Waals surface area contributed by atoms with E-state index in [0.29, 0.717) is 12.8 Å². The number of nitrogens with zero attached hydrogens (tertiary/aromatic N) is 1. The largest absolute Gasteiger partial charge is 0.369 e. The molecule has 1 aliphatic rings. The lowest BCUT2D eigenvalue weighted by molar-refractivity contribution is -0.123. The number of hydrogen-bond acceptors (Lipinski definition) is 3. The van der Waals surface area contributed by atoms with Crippen molar-refractivity contribution in [3.8, 4) is 0 Å².